The van der Waals surface area contributed by atoms with Gasteiger partial charge in [-0.15, -0.1) is 0 Å². The Labute approximate surface area is 80.4 Å². The van der Waals surface area contributed by atoms with Crippen LogP contribution in [-0.4, -0.2) is 21.4 Å². The molecule has 4 nitrogen and oxygen atoms in total. The topological polar surface area (TPSA) is 75.4 Å². The second-order valence-electron chi connectivity index (χ2n) is 1.47. The molecule has 0 bridgehead atoms. The maximum absolute atomic E-state index is 9.63. The first-order valence-corrected chi connectivity index (χ1v) is 3.11. The van der Waals surface area contributed by atoms with Crippen LogP contribution >= 0.6 is 0 Å². The van der Waals surface area contributed by atoms with E-state index in [1.807, 2.05) is 0 Å². The van der Waals surface area contributed by atoms with E-state index in [0.717, 1.165) is 0 Å². The Balaban J connectivity index is -0.000000245. The molecule has 0 fully saturated rings. The predicted molar refractivity (Wildman–Crippen MR) is 29.6 cm³/mol. The van der Waals surface area contributed by atoms with Gasteiger partial charge in [-0.2, -0.15) is 0 Å². The minimum absolute atomic E-state index is 0. The summed E-state index contributed by atoms with van der Waals surface area (Å²) in [5.74, 6) is 0. The molecular weight excluding hydrogens is 153 g/mol. The molecule has 0 aliphatic heterocycles. The van der Waals surface area contributed by atoms with E-state index < -0.39 is 11.4 Å². The van der Waals surface area contributed by atoms with Crippen LogP contribution in [0.5, 0.6) is 0 Å². The standard InChI is InChI=1S/C3H9NO3S.Na.H/c1-3(4)2-7-8(5)6;;/h3H,2,4H2,1H3,(H,5,6);;/q;+1;-1/p-1. The van der Waals surface area contributed by atoms with Crippen molar-refractivity contribution in [2.45, 2.75) is 13.0 Å². The summed E-state index contributed by atoms with van der Waals surface area (Å²) in [6.45, 7) is 1.71. The quantitative estimate of drug-likeness (QED) is 0.342. The van der Waals surface area contributed by atoms with Crippen molar-refractivity contribution in [1.82, 2.24) is 0 Å². The summed E-state index contributed by atoms with van der Waals surface area (Å²) in [6, 6.07) is -0.229. The van der Waals surface area contributed by atoms with Crippen LogP contribution in [0.1, 0.15) is 8.35 Å². The zero-order valence-corrected chi connectivity index (χ0v) is 8.31. The summed E-state index contributed by atoms with van der Waals surface area (Å²) >= 11 is -2.42. The molecule has 0 aliphatic carbocycles. The molecule has 0 spiro atoms. The summed E-state index contributed by atoms with van der Waals surface area (Å²) < 4.78 is 23.3. The molecule has 6 heteroatoms. The van der Waals surface area contributed by atoms with Gasteiger partial charge in [0.2, 0.25) is 0 Å². The van der Waals surface area contributed by atoms with Crippen molar-refractivity contribution < 1.29 is 43.9 Å². The van der Waals surface area contributed by atoms with Gasteiger partial charge in [-0.1, -0.05) is 0 Å². The molecule has 0 saturated heterocycles. The smallest absolute Gasteiger partial charge is 1.00 e. The van der Waals surface area contributed by atoms with Gasteiger partial charge in [-0.25, -0.2) is 4.21 Å². The Kier molecular flexibility index (Phi) is 10.1. The van der Waals surface area contributed by atoms with Gasteiger partial charge in [0.1, 0.15) is 0 Å². The fraction of sp³-hybridized carbons (Fsp3) is 1.00. The van der Waals surface area contributed by atoms with Crippen LogP contribution in [-0.2, 0) is 15.5 Å². The van der Waals surface area contributed by atoms with Gasteiger partial charge in [0.15, 0.2) is 0 Å². The van der Waals surface area contributed by atoms with E-state index in [1.165, 1.54) is 0 Å². The van der Waals surface area contributed by atoms with E-state index >= 15 is 0 Å². The van der Waals surface area contributed by atoms with Gasteiger partial charge in [0.05, 0.1) is 18.0 Å². The first-order chi connectivity index (χ1) is 3.63. The average molecular weight is 162 g/mol. The van der Waals surface area contributed by atoms with E-state index in [0.29, 0.717) is 0 Å². The molecule has 0 saturated carbocycles. The largest absolute Gasteiger partial charge is 1.00 e. The maximum atomic E-state index is 9.63. The van der Waals surface area contributed by atoms with E-state index in [-0.39, 0.29) is 43.6 Å². The van der Waals surface area contributed by atoms with E-state index in [2.05, 4.69) is 4.18 Å². The van der Waals surface area contributed by atoms with Gasteiger partial charge in [0.25, 0.3) is 0 Å². The van der Waals surface area contributed by atoms with Crippen molar-refractivity contribution in [2.75, 3.05) is 6.61 Å². The normalized spacial score (nSPS) is 15.9. The fourth-order valence-corrected chi connectivity index (χ4v) is 0.489. The number of hydrogen-bond acceptors (Lipinski definition) is 4. The Bertz CT molecular complexity index is 93.8. The molecule has 52 valence electrons. The van der Waals surface area contributed by atoms with Crippen LogP contribution in [0.3, 0.4) is 0 Å². The molecule has 0 rings (SSSR count). The van der Waals surface area contributed by atoms with Gasteiger partial charge >= 0.3 is 29.6 Å². The number of rotatable bonds is 3. The molecule has 2 atom stereocenters. The Morgan fingerprint density at radius 3 is 2.56 bits per heavy atom. The third-order valence-electron chi connectivity index (χ3n) is 0.427. The molecular formula is C3H9NNaO3S-. The van der Waals surface area contributed by atoms with Gasteiger partial charge < -0.3 is 11.7 Å². The monoisotopic (exact) mass is 162 g/mol. The molecule has 0 radical (unpaired) electrons. The number of nitrogens with two attached hydrogens (primary N) is 1. The second kappa shape index (κ2) is 7.14. The molecule has 0 aromatic carbocycles. The molecule has 0 aliphatic rings. The third-order valence-corrected chi connectivity index (χ3v) is 0.756. The summed E-state index contributed by atoms with van der Waals surface area (Å²) in [5, 5.41) is 0. The van der Waals surface area contributed by atoms with Crippen molar-refractivity contribution in [3.63, 3.8) is 0 Å². The van der Waals surface area contributed by atoms with Crippen molar-refractivity contribution in [2.24, 2.45) is 5.73 Å². The Hall–Kier alpha value is 1.03. The minimum Gasteiger partial charge on any atom is -1.00 e. The molecule has 2 unspecified atom stereocenters. The Morgan fingerprint density at radius 2 is 2.44 bits per heavy atom. The second-order valence-corrected chi connectivity index (χ2v) is 2.11. The average Bonchev–Trinajstić information content (AvgIpc) is 1.61. The zero-order chi connectivity index (χ0) is 6.57. The van der Waals surface area contributed by atoms with E-state index in [4.69, 9.17) is 5.73 Å². The van der Waals surface area contributed by atoms with Crippen LogP contribution in [0.2, 0.25) is 0 Å². The molecule has 9 heavy (non-hydrogen) atoms. The zero-order valence-electron chi connectivity index (χ0n) is 6.49. The van der Waals surface area contributed by atoms with Crippen molar-refractivity contribution in [1.29, 1.82) is 0 Å². The summed E-state index contributed by atoms with van der Waals surface area (Å²) in [6.07, 6.45) is 0. The summed E-state index contributed by atoms with van der Waals surface area (Å²) in [5.41, 5.74) is 5.14. The predicted octanol–water partition coefficient (Wildman–Crippen LogP) is -3.74. The first-order valence-electron chi connectivity index (χ1n) is 2.11. The fourth-order valence-electron chi connectivity index (χ4n) is 0.163. The van der Waals surface area contributed by atoms with Crippen LogP contribution in [0.4, 0.5) is 0 Å². The first kappa shape index (κ1) is 12.7. The van der Waals surface area contributed by atoms with Crippen LogP contribution < -0.4 is 35.3 Å². The maximum Gasteiger partial charge on any atom is 1.00 e. The third kappa shape index (κ3) is 12.3. The van der Waals surface area contributed by atoms with Crippen LogP contribution in [0.15, 0.2) is 0 Å². The summed E-state index contributed by atoms with van der Waals surface area (Å²) in [4.78, 5) is 0. The summed E-state index contributed by atoms with van der Waals surface area (Å²) in [7, 11) is 0. The van der Waals surface area contributed by atoms with Crippen molar-refractivity contribution in [3.05, 3.63) is 0 Å². The van der Waals surface area contributed by atoms with Gasteiger partial charge in [-0.05, 0) is 6.92 Å². The van der Waals surface area contributed by atoms with E-state index in [1.54, 1.807) is 6.92 Å². The van der Waals surface area contributed by atoms with Gasteiger partial charge in [-0.3, -0.25) is 4.18 Å². The van der Waals surface area contributed by atoms with Crippen molar-refractivity contribution in [3.8, 4) is 0 Å². The molecule has 0 amide bonds. The molecule has 0 aromatic heterocycles. The van der Waals surface area contributed by atoms with Crippen LogP contribution in [0.25, 0.3) is 0 Å². The Morgan fingerprint density at radius 1 is 2.00 bits per heavy atom. The molecule has 0 aromatic rings. The van der Waals surface area contributed by atoms with Gasteiger partial charge in [0, 0.05) is 6.04 Å². The van der Waals surface area contributed by atoms with Crippen molar-refractivity contribution >= 4 is 11.4 Å². The minimum atomic E-state index is -2.42. The number of hydrogen-bond donors (Lipinski definition) is 1. The molecule has 0 heterocycles. The molecule has 2 N–H and O–H groups in total. The SMILES string of the molecule is CC(N)COS(=O)[O-].[H-].[Na+]. The van der Waals surface area contributed by atoms with E-state index in [9.17, 15) is 8.76 Å². The van der Waals surface area contributed by atoms with Crippen LogP contribution in [0, 0.1) is 0 Å².